The van der Waals surface area contributed by atoms with E-state index in [0.717, 1.165) is 40.0 Å². The molecule has 2 aromatic carbocycles. The molecule has 0 aliphatic heterocycles. The molecule has 5 nitrogen and oxygen atoms in total. The highest BCUT2D eigenvalue weighted by Gasteiger charge is 2.31. The van der Waals surface area contributed by atoms with E-state index >= 15 is 0 Å². The summed E-state index contributed by atoms with van der Waals surface area (Å²) in [6.07, 6.45) is -1.12. The molecule has 0 fully saturated rings. The Morgan fingerprint density at radius 2 is 1.91 bits per heavy atom. The molecule has 168 valence electrons. The topological polar surface area (TPSA) is 54.2 Å². The molecule has 2 heterocycles. The predicted octanol–water partition coefficient (Wildman–Crippen LogP) is 6.59. The minimum absolute atomic E-state index is 0.0133. The van der Waals surface area contributed by atoms with Crippen LogP contribution in [0.2, 0.25) is 5.02 Å². The first-order valence-electron chi connectivity index (χ1n) is 9.47. The molecule has 2 N–H and O–H groups in total. The average molecular weight is 506 g/mol. The van der Waals surface area contributed by atoms with Crippen molar-refractivity contribution in [3.8, 4) is 16.3 Å². The molecule has 0 unspecified atom stereocenters. The number of nitrogens with one attached hydrogen (secondary N) is 2. The molecule has 4 rings (SSSR count). The number of hydrazone groups is 1. The van der Waals surface area contributed by atoms with Crippen molar-refractivity contribution in [3.05, 3.63) is 88.4 Å². The third-order valence-electron chi connectivity index (χ3n) is 4.43. The molecule has 0 atom stereocenters. The van der Waals surface area contributed by atoms with Crippen LogP contribution in [0.3, 0.4) is 0 Å². The van der Waals surface area contributed by atoms with Gasteiger partial charge in [-0.25, -0.2) is 4.68 Å². The number of hydrogen-bond donors (Lipinski definition) is 2. The summed E-state index contributed by atoms with van der Waals surface area (Å²) in [5, 5.41) is 13.5. The molecule has 0 spiro atoms. The van der Waals surface area contributed by atoms with Crippen LogP contribution < -0.4 is 10.7 Å². The fraction of sp³-hybridized carbons (Fsp3) is 0.0455. The number of benzene rings is 2. The number of aromatic nitrogens is 2. The molecule has 0 amide bonds. The summed E-state index contributed by atoms with van der Waals surface area (Å²) in [6.45, 7) is 0. The lowest BCUT2D eigenvalue weighted by atomic mass is 10.2. The number of para-hydroxylation sites is 1. The maximum atomic E-state index is 13.0. The molecule has 0 saturated heterocycles. The Hall–Kier alpha value is -3.21. The van der Waals surface area contributed by atoms with Gasteiger partial charge in [-0.2, -0.15) is 23.4 Å². The van der Waals surface area contributed by atoms with Crippen LogP contribution in [0.25, 0.3) is 16.3 Å². The summed E-state index contributed by atoms with van der Waals surface area (Å²) in [5.74, 6) is 0. The summed E-state index contributed by atoms with van der Waals surface area (Å²) in [7, 11) is 0. The maximum absolute atomic E-state index is 13.0. The Morgan fingerprint density at radius 3 is 2.61 bits per heavy atom. The third kappa shape index (κ3) is 5.59. The van der Waals surface area contributed by atoms with Crippen molar-refractivity contribution in [2.24, 2.45) is 5.10 Å². The Bertz CT molecular complexity index is 1290. The first-order chi connectivity index (χ1) is 15.8. The fourth-order valence-electron chi connectivity index (χ4n) is 2.91. The van der Waals surface area contributed by atoms with Gasteiger partial charge in [0.25, 0.3) is 0 Å². The minimum atomic E-state index is -4.49. The number of thiophene rings is 1. The van der Waals surface area contributed by atoms with Gasteiger partial charge in [0.2, 0.25) is 0 Å². The van der Waals surface area contributed by atoms with Gasteiger partial charge in [0.1, 0.15) is 5.69 Å². The lowest BCUT2D eigenvalue weighted by Gasteiger charge is -2.12. The van der Waals surface area contributed by atoms with Crippen molar-refractivity contribution in [3.63, 3.8) is 0 Å². The summed E-state index contributed by atoms with van der Waals surface area (Å²) in [5.41, 5.74) is 4.14. The first kappa shape index (κ1) is 23.0. The van der Waals surface area contributed by atoms with E-state index in [4.69, 9.17) is 23.8 Å². The molecular formula is C22H15ClF3N5S2. The second-order valence-electron chi connectivity index (χ2n) is 6.71. The molecule has 4 aromatic rings. The van der Waals surface area contributed by atoms with Gasteiger partial charge < -0.3 is 5.32 Å². The van der Waals surface area contributed by atoms with Crippen LogP contribution in [0.4, 0.5) is 18.9 Å². The van der Waals surface area contributed by atoms with Crippen molar-refractivity contribution in [1.82, 2.24) is 15.2 Å². The largest absolute Gasteiger partial charge is 0.416 e. The van der Waals surface area contributed by atoms with Gasteiger partial charge in [0.05, 0.1) is 33.1 Å². The molecule has 0 aliphatic rings. The summed E-state index contributed by atoms with van der Waals surface area (Å²) < 4.78 is 40.6. The SMILES string of the molecule is FC(F)(F)c1ccc(Cl)c(NC(=S)N/N=C/c2cn(-c3ccccc3)nc2-c2cccs2)c1. The Labute approximate surface area is 201 Å². The number of halogens is 4. The molecule has 0 aliphatic carbocycles. The zero-order valence-electron chi connectivity index (χ0n) is 16.7. The van der Waals surface area contributed by atoms with Crippen molar-refractivity contribution < 1.29 is 13.2 Å². The van der Waals surface area contributed by atoms with Crippen molar-refractivity contribution in [1.29, 1.82) is 0 Å². The standard InChI is InChI=1S/C22H15ClF3N5S2/c23-17-9-8-15(22(24,25)26)11-18(17)28-21(32)29-27-12-14-13-31(16-5-2-1-3-6-16)30-20(14)19-7-4-10-33-19/h1-13H,(H2,28,29,32)/b27-12+. The molecule has 11 heteroatoms. The number of nitrogens with zero attached hydrogens (tertiary/aromatic N) is 3. The first-order valence-corrected chi connectivity index (χ1v) is 11.1. The maximum Gasteiger partial charge on any atom is 0.416 e. The van der Waals surface area contributed by atoms with Crippen LogP contribution in [0.5, 0.6) is 0 Å². The lowest BCUT2D eigenvalue weighted by Crippen LogP contribution is -2.24. The number of thiocarbonyl (C=S) groups is 1. The van der Waals surface area contributed by atoms with E-state index in [1.807, 2.05) is 54.0 Å². The van der Waals surface area contributed by atoms with Gasteiger partial charge in [0, 0.05) is 11.8 Å². The van der Waals surface area contributed by atoms with Crippen LogP contribution in [0, 0.1) is 0 Å². The van der Waals surface area contributed by atoms with Gasteiger partial charge in [-0.15, -0.1) is 11.3 Å². The highest BCUT2D eigenvalue weighted by atomic mass is 35.5. The van der Waals surface area contributed by atoms with E-state index in [-0.39, 0.29) is 15.8 Å². The second-order valence-corrected chi connectivity index (χ2v) is 8.47. The summed E-state index contributed by atoms with van der Waals surface area (Å²) >= 11 is 12.7. The highest BCUT2D eigenvalue weighted by molar-refractivity contribution is 7.80. The van der Waals surface area contributed by atoms with Crippen molar-refractivity contribution in [2.75, 3.05) is 5.32 Å². The van der Waals surface area contributed by atoms with E-state index in [0.29, 0.717) is 0 Å². The molecule has 0 radical (unpaired) electrons. The lowest BCUT2D eigenvalue weighted by molar-refractivity contribution is -0.137. The molecule has 33 heavy (non-hydrogen) atoms. The Balaban J connectivity index is 1.52. The van der Waals surface area contributed by atoms with Gasteiger partial charge in [-0.05, 0) is 54.0 Å². The number of anilines is 1. The summed E-state index contributed by atoms with van der Waals surface area (Å²) in [4.78, 5) is 0.961. The average Bonchev–Trinajstić information content (AvgIpc) is 3.45. The van der Waals surface area contributed by atoms with Crippen molar-refractivity contribution >= 4 is 52.2 Å². The molecule has 2 aromatic heterocycles. The van der Waals surface area contributed by atoms with E-state index in [1.165, 1.54) is 0 Å². The molecule has 0 bridgehead atoms. The summed E-state index contributed by atoms with van der Waals surface area (Å²) in [6, 6.07) is 16.4. The van der Waals surface area contributed by atoms with Gasteiger partial charge in [-0.1, -0.05) is 35.9 Å². The zero-order chi connectivity index (χ0) is 23.4. The van der Waals surface area contributed by atoms with Gasteiger partial charge in [-0.3, -0.25) is 5.43 Å². The Morgan fingerprint density at radius 1 is 1.12 bits per heavy atom. The predicted molar refractivity (Wildman–Crippen MR) is 130 cm³/mol. The van der Waals surface area contributed by atoms with E-state index in [9.17, 15) is 13.2 Å². The van der Waals surface area contributed by atoms with E-state index < -0.39 is 11.7 Å². The van der Waals surface area contributed by atoms with Crippen LogP contribution in [-0.2, 0) is 6.18 Å². The minimum Gasteiger partial charge on any atom is -0.330 e. The monoisotopic (exact) mass is 505 g/mol. The zero-order valence-corrected chi connectivity index (χ0v) is 19.1. The highest BCUT2D eigenvalue weighted by Crippen LogP contribution is 2.33. The normalized spacial score (nSPS) is 11.6. The number of rotatable bonds is 5. The number of hydrogen-bond acceptors (Lipinski definition) is 4. The fourth-order valence-corrected chi connectivity index (χ4v) is 3.97. The molecular weight excluding hydrogens is 491 g/mol. The Kier molecular flexibility index (Phi) is 6.77. The quantitative estimate of drug-likeness (QED) is 0.182. The van der Waals surface area contributed by atoms with Crippen LogP contribution in [-0.4, -0.2) is 21.1 Å². The van der Waals surface area contributed by atoms with Gasteiger partial charge >= 0.3 is 6.18 Å². The third-order valence-corrected chi connectivity index (χ3v) is 5.83. The second kappa shape index (κ2) is 9.74. The van der Waals surface area contributed by atoms with Crippen LogP contribution >= 0.6 is 35.2 Å². The van der Waals surface area contributed by atoms with E-state index in [2.05, 4.69) is 20.9 Å². The van der Waals surface area contributed by atoms with Gasteiger partial charge in [0.15, 0.2) is 5.11 Å². The molecule has 0 saturated carbocycles. The van der Waals surface area contributed by atoms with Crippen LogP contribution in [0.1, 0.15) is 11.1 Å². The van der Waals surface area contributed by atoms with Crippen molar-refractivity contribution in [2.45, 2.75) is 6.18 Å². The van der Waals surface area contributed by atoms with E-state index in [1.54, 1.807) is 22.2 Å². The number of alkyl halides is 3. The van der Waals surface area contributed by atoms with Crippen LogP contribution in [0.15, 0.2) is 77.3 Å². The smallest absolute Gasteiger partial charge is 0.330 e.